The molecule has 0 aromatic carbocycles. The highest BCUT2D eigenvalue weighted by Crippen LogP contribution is 2.38. The van der Waals surface area contributed by atoms with Crippen LogP contribution in [0.25, 0.3) is 0 Å². The lowest BCUT2D eigenvalue weighted by molar-refractivity contribution is 0.280. The first kappa shape index (κ1) is 13.1. The Morgan fingerprint density at radius 1 is 1.41 bits per heavy atom. The molecule has 2 atom stereocenters. The van der Waals surface area contributed by atoms with Gasteiger partial charge in [-0.3, -0.25) is 0 Å². The summed E-state index contributed by atoms with van der Waals surface area (Å²) in [4.78, 5) is 3.02. The fourth-order valence-electron chi connectivity index (χ4n) is 3.20. The summed E-state index contributed by atoms with van der Waals surface area (Å²) in [7, 11) is 0. The zero-order valence-corrected chi connectivity index (χ0v) is 12.4. The SMILES string of the molecule is Cc1cc(C2CCNCC2CC(C)C)c(C)s1. The van der Waals surface area contributed by atoms with Crippen LogP contribution in [0.1, 0.15) is 47.9 Å². The van der Waals surface area contributed by atoms with Crippen LogP contribution in [-0.2, 0) is 0 Å². The number of thiophene rings is 1. The van der Waals surface area contributed by atoms with Gasteiger partial charge in [-0.25, -0.2) is 0 Å². The molecule has 2 heteroatoms. The highest BCUT2D eigenvalue weighted by molar-refractivity contribution is 7.12. The first-order chi connectivity index (χ1) is 8.08. The van der Waals surface area contributed by atoms with E-state index in [1.807, 2.05) is 11.3 Å². The highest BCUT2D eigenvalue weighted by Gasteiger charge is 2.28. The average molecular weight is 251 g/mol. The van der Waals surface area contributed by atoms with E-state index in [2.05, 4.69) is 39.1 Å². The van der Waals surface area contributed by atoms with Crippen LogP contribution in [0.3, 0.4) is 0 Å². The van der Waals surface area contributed by atoms with E-state index in [-0.39, 0.29) is 0 Å². The minimum absolute atomic E-state index is 0.795. The molecule has 96 valence electrons. The summed E-state index contributed by atoms with van der Waals surface area (Å²) in [5, 5.41) is 3.57. The normalized spacial score (nSPS) is 25.5. The summed E-state index contributed by atoms with van der Waals surface area (Å²) in [6.45, 7) is 11.6. The Labute approximate surface area is 110 Å². The number of hydrogen-bond donors (Lipinski definition) is 1. The minimum atomic E-state index is 0.795. The van der Waals surface area contributed by atoms with Gasteiger partial charge in [0.25, 0.3) is 0 Å². The second-order valence-electron chi connectivity index (χ2n) is 5.86. The number of hydrogen-bond acceptors (Lipinski definition) is 2. The van der Waals surface area contributed by atoms with E-state index in [1.165, 1.54) is 30.8 Å². The molecule has 1 aliphatic heterocycles. The number of rotatable bonds is 3. The topological polar surface area (TPSA) is 12.0 Å². The van der Waals surface area contributed by atoms with Gasteiger partial charge in [0.1, 0.15) is 0 Å². The second-order valence-corrected chi connectivity index (χ2v) is 7.32. The van der Waals surface area contributed by atoms with Gasteiger partial charge in [-0.15, -0.1) is 11.3 Å². The largest absolute Gasteiger partial charge is 0.316 e. The van der Waals surface area contributed by atoms with Crippen LogP contribution >= 0.6 is 11.3 Å². The van der Waals surface area contributed by atoms with Crippen molar-refractivity contribution in [2.75, 3.05) is 13.1 Å². The van der Waals surface area contributed by atoms with E-state index < -0.39 is 0 Å². The molecule has 2 rings (SSSR count). The van der Waals surface area contributed by atoms with Crippen molar-refractivity contribution < 1.29 is 0 Å². The first-order valence-corrected chi connectivity index (χ1v) is 7.67. The van der Waals surface area contributed by atoms with E-state index in [9.17, 15) is 0 Å². The summed E-state index contributed by atoms with van der Waals surface area (Å²) < 4.78 is 0. The Balaban J connectivity index is 2.18. The Morgan fingerprint density at radius 2 is 2.18 bits per heavy atom. The summed E-state index contributed by atoms with van der Waals surface area (Å²) in [5.74, 6) is 2.43. The van der Waals surface area contributed by atoms with Crippen molar-refractivity contribution in [1.29, 1.82) is 0 Å². The van der Waals surface area contributed by atoms with Crippen LogP contribution in [0.5, 0.6) is 0 Å². The van der Waals surface area contributed by atoms with Gasteiger partial charge in [0, 0.05) is 9.75 Å². The monoisotopic (exact) mass is 251 g/mol. The maximum Gasteiger partial charge on any atom is 0.00519 e. The molecule has 0 amide bonds. The van der Waals surface area contributed by atoms with Gasteiger partial charge in [-0.1, -0.05) is 13.8 Å². The van der Waals surface area contributed by atoms with E-state index in [1.54, 1.807) is 10.4 Å². The van der Waals surface area contributed by atoms with Crippen molar-refractivity contribution in [2.45, 2.75) is 46.5 Å². The van der Waals surface area contributed by atoms with Gasteiger partial charge < -0.3 is 5.32 Å². The van der Waals surface area contributed by atoms with E-state index >= 15 is 0 Å². The molecule has 2 heterocycles. The molecule has 0 spiro atoms. The molecule has 0 saturated carbocycles. The first-order valence-electron chi connectivity index (χ1n) is 6.85. The zero-order valence-electron chi connectivity index (χ0n) is 11.5. The molecular formula is C15H25NS. The standard InChI is InChI=1S/C15H25NS/c1-10(2)7-13-9-16-6-5-14(13)15-8-11(3)17-12(15)4/h8,10,13-14,16H,5-7,9H2,1-4H3. The molecule has 17 heavy (non-hydrogen) atoms. The van der Waals surface area contributed by atoms with Crippen molar-refractivity contribution in [1.82, 2.24) is 5.32 Å². The summed E-state index contributed by atoms with van der Waals surface area (Å²) in [6, 6.07) is 2.43. The van der Waals surface area contributed by atoms with Crippen molar-refractivity contribution in [3.05, 3.63) is 21.4 Å². The fraction of sp³-hybridized carbons (Fsp3) is 0.733. The molecule has 1 aromatic heterocycles. The van der Waals surface area contributed by atoms with E-state index in [0.717, 1.165) is 17.8 Å². The second kappa shape index (κ2) is 5.53. The van der Waals surface area contributed by atoms with Crippen molar-refractivity contribution in [3.63, 3.8) is 0 Å². The van der Waals surface area contributed by atoms with Crippen LogP contribution in [0.4, 0.5) is 0 Å². The third-order valence-electron chi connectivity index (χ3n) is 3.86. The molecule has 1 fully saturated rings. The van der Waals surface area contributed by atoms with Crippen LogP contribution < -0.4 is 5.32 Å². The lowest BCUT2D eigenvalue weighted by Crippen LogP contribution is -2.36. The van der Waals surface area contributed by atoms with Gasteiger partial charge in [-0.2, -0.15) is 0 Å². The molecule has 0 aliphatic carbocycles. The number of piperidine rings is 1. The van der Waals surface area contributed by atoms with Crippen molar-refractivity contribution in [2.24, 2.45) is 11.8 Å². The Bertz CT molecular complexity index is 367. The number of aryl methyl sites for hydroxylation is 2. The maximum atomic E-state index is 3.57. The number of nitrogens with one attached hydrogen (secondary N) is 1. The molecule has 1 aliphatic rings. The predicted octanol–water partition coefficient (Wildman–Crippen LogP) is 4.10. The van der Waals surface area contributed by atoms with Crippen molar-refractivity contribution >= 4 is 11.3 Å². The van der Waals surface area contributed by atoms with E-state index in [0.29, 0.717) is 0 Å². The van der Waals surface area contributed by atoms with Gasteiger partial charge in [0.05, 0.1) is 0 Å². The minimum Gasteiger partial charge on any atom is -0.316 e. The third kappa shape index (κ3) is 3.11. The molecule has 0 bridgehead atoms. The molecule has 1 nitrogen and oxygen atoms in total. The molecule has 1 saturated heterocycles. The van der Waals surface area contributed by atoms with Crippen LogP contribution in [-0.4, -0.2) is 13.1 Å². The zero-order chi connectivity index (χ0) is 12.4. The maximum absolute atomic E-state index is 3.57. The van der Waals surface area contributed by atoms with Crippen LogP contribution in [0.2, 0.25) is 0 Å². The smallest absolute Gasteiger partial charge is 0.00519 e. The lowest BCUT2D eigenvalue weighted by atomic mass is 9.77. The fourth-order valence-corrected chi connectivity index (χ4v) is 4.20. The lowest BCUT2D eigenvalue weighted by Gasteiger charge is -2.33. The van der Waals surface area contributed by atoms with Gasteiger partial charge >= 0.3 is 0 Å². The summed E-state index contributed by atoms with van der Waals surface area (Å²) >= 11 is 1.96. The molecule has 2 unspecified atom stereocenters. The third-order valence-corrected chi connectivity index (χ3v) is 4.84. The van der Waals surface area contributed by atoms with Gasteiger partial charge in [0.2, 0.25) is 0 Å². The average Bonchev–Trinajstić information content (AvgIpc) is 2.58. The van der Waals surface area contributed by atoms with Crippen LogP contribution in [0, 0.1) is 25.7 Å². The molecular weight excluding hydrogens is 226 g/mol. The Morgan fingerprint density at radius 3 is 2.76 bits per heavy atom. The van der Waals surface area contributed by atoms with E-state index in [4.69, 9.17) is 0 Å². The molecule has 1 N–H and O–H groups in total. The highest BCUT2D eigenvalue weighted by atomic mass is 32.1. The summed E-state index contributed by atoms with van der Waals surface area (Å²) in [5.41, 5.74) is 1.64. The Hall–Kier alpha value is -0.340. The molecule has 1 aromatic rings. The van der Waals surface area contributed by atoms with Crippen LogP contribution in [0.15, 0.2) is 6.07 Å². The summed E-state index contributed by atoms with van der Waals surface area (Å²) in [6.07, 6.45) is 2.67. The quantitative estimate of drug-likeness (QED) is 0.852. The molecule has 0 radical (unpaired) electrons. The van der Waals surface area contributed by atoms with Crippen molar-refractivity contribution in [3.8, 4) is 0 Å². The van der Waals surface area contributed by atoms with Gasteiger partial charge in [0.15, 0.2) is 0 Å². The Kier molecular flexibility index (Phi) is 4.26. The predicted molar refractivity (Wildman–Crippen MR) is 77.0 cm³/mol. The van der Waals surface area contributed by atoms with Gasteiger partial charge in [-0.05, 0) is 69.2 Å².